The number of fused-ring (bicyclic) bond motifs is 2. The lowest BCUT2D eigenvalue weighted by molar-refractivity contribution is 0.0625. The quantitative estimate of drug-likeness (QED) is 0.182. The van der Waals surface area contributed by atoms with Gasteiger partial charge in [-0.25, -0.2) is 0 Å². The van der Waals surface area contributed by atoms with Gasteiger partial charge in [-0.05, 0) is 79.2 Å². The fourth-order valence-electron chi connectivity index (χ4n) is 4.98. The Morgan fingerprint density at radius 2 is 1.29 bits per heavy atom. The number of unbranched alkanes of at least 4 members (excludes halogenated alkanes) is 1. The number of rotatable bonds is 8. The van der Waals surface area contributed by atoms with Crippen LogP contribution in [0.4, 0.5) is 0 Å². The van der Waals surface area contributed by atoms with Crippen molar-refractivity contribution in [2.75, 3.05) is 6.54 Å². The summed E-state index contributed by atoms with van der Waals surface area (Å²) < 4.78 is 1.99. The number of imide groups is 1. The Bertz CT molecular complexity index is 1340. The van der Waals surface area contributed by atoms with E-state index in [1.165, 1.54) is 4.90 Å². The van der Waals surface area contributed by atoms with Gasteiger partial charge in [0.1, 0.15) is 0 Å². The molecule has 2 amide bonds. The molecule has 4 aromatic rings. The molecule has 5 rings (SSSR count). The van der Waals surface area contributed by atoms with Gasteiger partial charge < -0.3 is 0 Å². The molecule has 1 aliphatic rings. The largest absolute Gasteiger partial charge is 0.274 e. The van der Waals surface area contributed by atoms with Gasteiger partial charge in [-0.2, -0.15) is 0 Å². The van der Waals surface area contributed by atoms with Gasteiger partial charge in [0, 0.05) is 27.4 Å². The highest BCUT2D eigenvalue weighted by Crippen LogP contribution is 2.49. The highest BCUT2D eigenvalue weighted by Gasteiger charge is 2.42. The Hall–Kier alpha value is -1.80. The summed E-state index contributed by atoms with van der Waals surface area (Å²) in [6.45, 7) is 4.80. The highest BCUT2D eigenvalue weighted by atomic mass is 79.9. The van der Waals surface area contributed by atoms with Gasteiger partial charge in [0.05, 0.1) is 18.7 Å². The van der Waals surface area contributed by atoms with Crippen LogP contribution in [-0.4, -0.2) is 23.3 Å². The molecule has 0 bridgehead atoms. The number of thiophene rings is 2. The smallest absolute Gasteiger partial charge is 0.262 e. The van der Waals surface area contributed by atoms with Gasteiger partial charge in [-0.15, -0.1) is 22.7 Å². The van der Waals surface area contributed by atoms with Crippen LogP contribution in [0.15, 0.2) is 56.1 Å². The molecule has 7 heteroatoms. The second kappa shape index (κ2) is 10.3. The summed E-state index contributed by atoms with van der Waals surface area (Å²) in [6, 6.07) is 16.2. The number of carbonyl (C=O) groups is 2. The van der Waals surface area contributed by atoms with E-state index in [0.717, 1.165) is 64.9 Å². The third-order valence-corrected chi connectivity index (χ3v) is 10.0. The number of nitrogens with zero attached hydrogens (tertiary/aromatic N) is 1. The molecule has 1 aliphatic heterocycles. The molecule has 1 atom stereocenters. The van der Waals surface area contributed by atoms with Crippen molar-refractivity contribution in [3.05, 3.63) is 67.2 Å². The first-order valence-corrected chi connectivity index (χ1v) is 15.1. The van der Waals surface area contributed by atoms with E-state index >= 15 is 0 Å². The zero-order chi connectivity index (χ0) is 24.7. The summed E-state index contributed by atoms with van der Waals surface area (Å²) in [7, 11) is 0. The Balaban J connectivity index is 1.78. The number of amides is 2. The first-order chi connectivity index (χ1) is 16.9. The van der Waals surface area contributed by atoms with E-state index in [1.54, 1.807) is 22.7 Å². The van der Waals surface area contributed by atoms with E-state index < -0.39 is 0 Å². The molecule has 35 heavy (non-hydrogen) atoms. The fourth-order valence-corrected chi connectivity index (χ4v) is 7.88. The Kier molecular flexibility index (Phi) is 7.31. The molecular formula is C28H25Br2NO2S2. The molecule has 0 saturated carbocycles. The van der Waals surface area contributed by atoms with E-state index in [-0.39, 0.29) is 11.8 Å². The molecule has 0 aliphatic carbocycles. The topological polar surface area (TPSA) is 37.4 Å². The minimum Gasteiger partial charge on any atom is -0.274 e. The fraction of sp³-hybridized carbons (Fsp3) is 0.286. The molecule has 180 valence electrons. The molecule has 0 N–H and O–H groups in total. The summed E-state index contributed by atoms with van der Waals surface area (Å²) in [4.78, 5) is 31.6. The van der Waals surface area contributed by atoms with Gasteiger partial charge in [0.15, 0.2) is 0 Å². The van der Waals surface area contributed by atoms with Gasteiger partial charge in [-0.1, -0.05) is 57.4 Å². The number of benzene rings is 2. The summed E-state index contributed by atoms with van der Waals surface area (Å²) in [5.41, 5.74) is 2.84. The SMILES string of the molecule is CCCCC(CC)CN1C(=O)c2c(c(-c3ccc(Br)s3)c3ccccc3c2-c2ccc(Br)s2)C1=O. The summed E-state index contributed by atoms with van der Waals surface area (Å²) in [5.74, 6) is -0.0190. The first kappa shape index (κ1) is 24.9. The highest BCUT2D eigenvalue weighted by molar-refractivity contribution is 9.11. The number of carbonyl (C=O) groups excluding carboxylic acids is 2. The Labute approximate surface area is 230 Å². The van der Waals surface area contributed by atoms with E-state index in [2.05, 4.69) is 57.8 Å². The summed E-state index contributed by atoms with van der Waals surface area (Å²) >= 11 is 10.4. The molecule has 1 unspecified atom stereocenters. The van der Waals surface area contributed by atoms with Crippen molar-refractivity contribution in [1.29, 1.82) is 0 Å². The maximum atomic E-state index is 14.1. The van der Waals surface area contributed by atoms with Crippen molar-refractivity contribution in [3.8, 4) is 20.9 Å². The zero-order valence-electron chi connectivity index (χ0n) is 19.6. The van der Waals surface area contributed by atoms with Crippen molar-refractivity contribution in [3.63, 3.8) is 0 Å². The number of hydrogen-bond acceptors (Lipinski definition) is 4. The maximum Gasteiger partial charge on any atom is 0.262 e. The molecule has 0 radical (unpaired) electrons. The Morgan fingerprint density at radius 1 is 0.771 bits per heavy atom. The standard InChI is InChI=1S/C28H25Br2NO2S2/c1-3-5-8-16(4-2)15-31-27(32)25-23(19-11-13-21(29)34-19)17-9-6-7-10-18(17)24(26(25)28(31)33)20-12-14-22(30)35-20/h6-7,9-14,16H,3-5,8,15H2,1-2H3. The lowest BCUT2D eigenvalue weighted by Crippen LogP contribution is -2.34. The van der Waals surface area contributed by atoms with Crippen LogP contribution in [0.25, 0.3) is 31.7 Å². The first-order valence-electron chi connectivity index (χ1n) is 11.9. The van der Waals surface area contributed by atoms with Crippen LogP contribution in [0.3, 0.4) is 0 Å². The normalized spacial score (nSPS) is 14.2. The van der Waals surface area contributed by atoms with Gasteiger partial charge >= 0.3 is 0 Å². The third-order valence-electron chi connectivity index (χ3n) is 6.76. The lowest BCUT2D eigenvalue weighted by atomic mass is 9.88. The minimum atomic E-state index is -0.165. The van der Waals surface area contributed by atoms with Crippen LogP contribution in [0.5, 0.6) is 0 Å². The minimum absolute atomic E-state index is 0.165. The molecule has 3 nitrogen and oxygen atoms in total. The van der Waals surface area contributed by atoms with E-state index in [1.807, 2.05) is 36.4 Å². The van der Waals surface area contributed by atoms with Gasteiger partial charge in [0.25, 0.3) is 11.8 Å². The van der Waals surface area contributed by atoms with Crippen LogP contribution < -0.4 is 0 Å². The van der Waals surface area contributed by atoms with E-state index in [4.69, 9.17) is 0 Å². The van der Waals surface area contributed by atoms with Gasteiger partial charge in [-0.3, -0.25) is 14.5 Å². The molecule has 0 fully saturated rings. The van der Waals surface area contributed by atoms with Crippen molar-refractivity contribution in [1.82, 2.24) is 4.90 Å². The number of hydrogen-bond donors (Lipinski definition) is 0. The zero-order valence-corrected chi connectivity index (χ0v) is 24.4. The van der Waals surface area contributed by atoms with Gasteiger partial charge in [0.2, 0.25) is 0 Å². The van der Waals surface area contributed by atoms with Crippen molar-refractivity contribution in [2.24, 2.45) is 5.92 Å². The summed E-state index contributed by atoms with van der Waals surface area (Å²) in [5, 5.41) is 2.00. The second-order valence-electron chi connectivity index (χ2n) is 8.89. The average molecular weight is 631 g/mol. The summed E-state index contributed by atoms with van der Waals surface area (Å²) in [6.07, 6.45) is 4.19. The average Bonchev–Trinajstić information content (AvgIpc) is 3.55. The number of halogens is 2. The maximum absolute atomic E-state index is 14.1. The van der Waals surface area contributed by atoms with Crippen LogP contribution in [0, 0.1) is 5.92 Å². The monoisotopic (exact) mass is 629 g/mol. The molecule has 0 spiro atoms. The van der Waals surface area contributed by atoms with Crippen LogP contribution >= 0.6 is 54.5 Å². The molecule has 0 saturated heterocycles. The predicted octanol–water partition coefficient (Wildman–Crippen LogP) is 9.63. The van der Waals surface area contributed by atoms with Crippen LogP contribution in [-0.2, 0) is 0 Å². The molecule has 2 aromatic heterocycles. The molecule has 3 heterocycles. The van der Waals surface area contributed by atoms with Crippen LogP contribution in [0.2, 0.25) is 0 Å². The predicted molar refractivity (Wildman–Crippen MR) is 155 cm³/mol. The molecule has 2 aromatic carbocycles. The van der Waals surface area contributed by atoms with E-state index in [9.17, 15) is 9.59 Å². The molecular weight excluding hydrogens is 606 g/mol. The second-order valence-corrected chi connectivity index (χ2v) is 13.8. The van der Waals surface area contributed by atoms with Crippen LogP contribution in [0.1, 0.15) is 60.2 Å². The van der Waals surface area contributed by atoms with Crippen molar-refractivity contribution in [2.45, 2.75) is 39.5 Å². The van der Waals surface area contributed by atoms with E-state index in [0.29, 0.717) is 23.6 Å². The van der Waals surface area contributed by atoms with Crippen molar-refractivity contribution >= 4 is 77.1 Å². The Morgan fingerprint density at radius 3 is 1.69 bits per heavy atom. The lowest BCUT2D eigenvalue weighted by Gasteiger charge is -2.21. The third kappa shape index (κ3) is 4.45. The van der Waals surface area contributed by atoms with Crippen molar-refractivity contribution < 1.29 is 9.59 Å².